The van der Waals surface area contributed by atoms with Gasteiger partial charge < -0.3 is 45.9 Å². The van der Waals surface area contributed by atoms with Gasteiger partial charge in [-0.15, -0.1) is 0 Å². The lowest BCUT2D eigenvalue weighted by atomic mass is 9.47. The molecule has 8 rings (SSSR count). The lowest BCUT2D eigenvalue weighted by molar-refractivity contribution is -0.142. The van der Waals surface area contributed by atoms with Gasteiger partial charge in [-0.25, -0.2) is 14.4 Å². The number of hydrogen-bond donors (Lipinski definition) is 8. The van der Waals surface area contributed by atoms with Crippen LogP contribution in [0.1, 0.15) is 168 Å². The molecule has 14 atom stereocenters. The second-order valence-electron chi connectivity index (χ2n) is 26.0. The number of allylic oxidation sites excluding steroid dienone is 1. The third-order valence-corrected chi connectivity index (χ3v) is 19.9. The molecular weight excluding hydrogens is 1090 g/mol. The van der Waals surface area contributed by atoms with Crippen molar-refractivity contribution in [1.29, 1.82) is 0 Å². The summed E-state index contributed by atoms with van der Waals surface area (Å²) in [4.78, 5) is 107. The Morgan fingerprint density at radius 3 is 2.18 bits per heavy atom. The number of aliphatic hydroxyl groups is 1. The number of halogens is 1. The number of carboxylic acid groups (broad SMARTS) is 1. The monoisotopic (exact) mass is 1180 g/mol. The zero-order valence-corrected chi connectivity index (χ0v) is 49.8. The maximum absolute atomic E-state index is 14.6. The predicted molar refractivity (Wildman–Crippen MR) is 313 cm³/mol. The Bertz CT molecular complexity index is 3020. The number of aromatic hydroxyl groups is 2. The van der Waals surface area contributed by atoms with Crippen LogP contribution < -0.4 is 27.2 Å². The summed E-state index contributed by atoms with van der Waals surface area (Å²) in [7, 11) is 0. The van der Waals surface area contributed by atoms with E-state index >= 15 is 0 Å². The number of amides is 3. The number of Topliss-reactive ketones (excluding diaryl/α,β-unsaturated/α-hetero) is 2. The van der Waals surface area contributed by atoms with Crippen LogP contribution in [0.5, 0.6) is 11.5 Å². The minimum Gasteiger partial charge on any atom is -0.508 e. The van der Waals surface area contributed by atoms with E-state index < -0.39 is 101 Å². The average Bonchev–Trinajstić information content (AvgIpc) is 1.75. The number of rotatable bonds is 27. The number of benzene rings is 2. The van der Waals surface area contributed by atoms with Crippen LogP contribution in [-0.2, 0) is 46.3 Å². The van der Waals surface area contributed by atoms with Crippen molar-refractivity contribution in [1.82, 2.24) is 25.5 Å². The molecular formula is C65H88FN5O14. The van der Waals surface area contributed by atoms with Gasteiger partial charge in [0.1, 0.15) is 36.0 Å². The van der Waals surface area contributed by atoms with Crippen molar-refractivity contribution in [3.63, 3.8) is 0 Å². The zero-order chi connectivity index (χ0) is 61.3. The molecule has 1 aliphatic heterocycles. The SMILES string of the molecule is CC(C)CCC[C@@H](C)C1CC[C@H]2[C@@H]3CC=C4CC(OC(=O)NC(Cc5ccc(O)cc5)C(=O)C[C@H](CCCCNC(=O)CCC(=O)C5OC(n6cc(F)c(=O)[nH]c6=O)CC5O)C(=O)NC(Cc5ccc(O)cc5)C(=O)O)CC[C@]4(C)[C@H]3CC[C@]12C. The molecule has 0 bridgehead atoms. The predicted octanol–water partition coefficient (Wildman–Crippen LogP) is 8.51. The van der Waals surface area contributed by atoms with E-state index in [0.717, 1.165) is 35.2 Å². The van der Waals surface area contributed by atoms with E-state index in [4.69, 9.17) is 9.47 Å². The molecule has 20 heteroatoms. The lowest BCUT2D eigenvalue weighted by Gasteiger charge is -2.58. The van der Waals surface area contributed by atoms with Gasteiger partial charge in [0.2, 0.25) is 17.6 Å². The minimum absolute atomic E-state index is 0.00148. The van der Waals surface area contributed by atoms with Crippen molar-refractivity contribution < 1.29 is 63.1 Å². The maximum atomic E-state index is 14.6. The standard InChI is InChI=1S/C65H88FN5O14/c1-37(2)9-8-10-38(3)47-22-23-48-46-21-16-42-34-45(26-28-64(42,4)49(46)27-29-65(47,48)5)84-63(83)69-51(31-39-12-17-43(72)18-13-39)54(75)33-41(59(78)68-52(61(80)81)32-40-14-19-44(73)20-15-40)11-6-7-30-67-56(77)25-24-53(74)58-55(76)35-57(85-58)71-36-50(66)60(79)70-62(71)82/h12-20,36-38,41,45-49,51-52,55,57-58,72-73,76H,6-11,21-35H2,1-5H3,(H,67,77)(H,68,78)(H,69,83)(H,80,81)(H,70,79,82)/t38-,41+,45?,46+,47?,48+,49+,51?,52?,55?,57?,58?,64+,65-/m1/s1. The number of nitrogens with zero attached hydrogens (tertiary/aromatic N) is 1. The molecule has 0 radical (unpaired) electrons. The summed E-state index contributed by atoms with van der Waals surface area (Å²) in [5, 5.41) is 48.8. The van der Waals surface area contributed by atoms with E-state index in [1.54, 1.807) is 17.1 Å². The minimum atomic E-state index is -1.42. The Labute approximate surface area is 496 Å². The number of ether oxygens (including phenoxy) is 2. The maximum Gasteiger partial charge on any atom is 0.408 e. The van der Waals surface area contributed by atoms with E-state index in [9.17, 15) is 63.2 Å². The molecule has 7 unspecified atom stereocenters. The highest BCUT2D eigenvalue weighted by molar-refractivity contribution is 5.93. The highest BCUT2D eigenvalue weighted by Crippen LogP contribution is 2.67. The summed E-state index contributed by atoms with van der Waals surface area (Å²) >= 11 is 0. The fourth-order valence-corrected chi connectivity index (χ4v) is 15.3. The van der Waals surface area contributed by atoms with Crippen LogP contribution in [0.2, 0.25) is 0 Å². The number of carbonyl (C=O) groups is 6. The molecule has 3 aromatic rings. The van der Waals surface area contributed by atoms with Crippen LogP contribution >= 0.6 is 0 Å². The number of phenolic OH excluding ortho intramolecular Hbond substituents is 2. The van der Waals surface area contributed by atoms with E-state index in [2.05, 4.69) is 56.6 Å². The molecule has 4 fully saturated rings. The number of phenols is 2. The first-order valence-electron chi connectivity index (χ1n) is 30.8. The Kier molecular flexibility index (Phi) is 21.4. The van der Waals surface area contributed by atoms with Crippen LogP contribution in [0.25, 0.3) is 0 Å². The Morgan fingerprint density at radius 1 is 0.824 bits per heavy atom. The van der Waals surface area contributed by atoms with Crippen molar-refractivity contribution in [3.8, 4) is 11.5 Å². The van der Waals surface area contributed by atoms with Gasteiger partial charge in [0.15, 0.2) is 11.6 Å². The number of carbonyl (C=O) groups excluding carboxylic acids is 5. The number of H-pyrrole nitrogens is 1. The first-order valence-corrected chi connectivity index (χ1v) is 30.8. The molecule has 19 nitrogen and oxygen atoms in total. The average molecular weight is 1180 g/mol. The molecule has 85 heavy (non-hydrogen) atoms. The number of fused-ring (bicyclic) bond motifs is 5. The van der Waals surface area contributed by atoms with Crippen molar-refractivity contribution in [2.24, 2.45) is 52.3 Å². The molecule has 3 amide bonds. The summed E-state index contributed by atoms with van der Waals surface area (Å²) in [5.41, 5.74) is 0.616. The van der Waals surface area contributed by atoms with Gasteiger partial charge in [-0.3, -0.25) is 33.5 Å². The number of aromatic nitrogens is 2. The number of alkyl carbamates (subject to hydrolysis) is 1. The molecule has 1 saturated heterocycles. The number of aromatic amines is 1. The second-order valence-corrected chi connectivity index (χ2v) is 26.0. The molecule has 4 aliphatic carbocycles. The Hall–Kier alpha value is -6.67. The molecule has 3 saturated carbocycles. The lowest BCUT2D eigenvalue weighted by Crippen LogP contribution is -2.51. The van der Waals surface area contributed by atoms with Gasteiger partial charge in [0, 0.05) is 51.0 Å². The molecule has 5 aliphatic rings. The topological polar surface area (TPSA) is 293 Å². The highest BCUT2D eigenvalue weighted by Gasteiger charge is 2.59. The number of carboxylic acids is 1. The third-order valence-electron chi connectivity index (χ3n) is 19.9. The number of aliphatic carboxylic acids is 1. The molecule has 2 heterocycles. The number of aliphatic hydroxyl groups excluding tert-OH is 1. The summed E-state index contributed by atoms with van der Waals surface area (Å²) in [5.74, 6) is -1.99. The van der Waals surface area contributed by atoms with Crippen molar-refractivity contribution in [2.45, 2.75) is 200 Å². The van der Waals surface area contributed by atoms with E-state index in [1.165, 1.54) is 86.9 Å². The van der Waals surface area contributed by atoms with Crippen molar-refractivity contribution >= 4 is 35.4 Å². The van der Waals surface area contributed by atoms with E-state index in [0.29, 0.717) is 59.8 Å². The fourth-order valence-electron chi connectivity index (χ4n) is 15.3. The molecule has 2 aromatic carbocycles. The zero-order valence-electron chi connectivity index (χ0n) is 49.8. The van der Waals surface area contributed by atoms with Crippen molar-refractivity contribution in [3.05, 3.63) is 104 Å². The van der Waals surface area contributed by atoms with Crippen LogP contribution in [-0.4, -0.2) is 102 Å². The molecule has 8 N–H and O–H groups in total. The first-order chi connectivity index (χ1) is 40.4. The molecule has 1 aromatic heterocycles. The van der Waals surface area contributed by atoms with Gasteiger partial charge in [-0.05, 0) is 146 Å². The number of ketones is 2. The summed E-state index contributed by atoms with van der Waals surface area (Å²) in [6.45, 7) is 12.2. The molecule has 464 valence electrons. The number of unbranched alkanes of at least 4 members (excludes halogenated alkanes) is 1. The summed E-state index contributed by atoms with van der Waals surface area (Å²) < 4.78 is 26.4. The first kappa shape index (κ1) is 64.3. The highest BCUT2D eigenvalue weighted by atomic mass is 19.1. The smallest absolute Gasteiger partial charge is 0.408 e. The number of hydrogen-bond acceptors (Lipinski definition) is 13. The van der Waals surface area contributed by atoms with Gasteiger partial charge in [0.25, 0.3) is 5.56 Å². The fraction of sp³-hybridized carbons (Fsp3) is 0.631. The van der Waals surface area contributed by atoms with Gasteiger partial charge >= 0.3 is 17.8 Å². The van der Waals surface area contributed by atoms with Gasteiger partial charge in [0.05, 0.1) is 18.3 Å². The normalized spacial score (nSPS) is 27.5. The van der Waals surface area contributed by atoms with Gasteiger partial charge in [-0.2, -0.15) is 4.39 Å². The quantitative estimate of drug-likeness (QED) is 0.0262. The number of nitrogens with one attached hydrogen (secondary N) is 4. The largest absolute Gasteiger partial charge is 0.508 e. The van der Waals surface area contributed by atoms with E-state index in [1.807, 2.05) is 0 Å². The van der Waals surface area contributed by atoms with Crippen molar-refractivity contribution in [2.75, 3.05) is 6.54 Å². The van der Waals surface area contributed by atoms with Gasteiger partial charge in [-0.1, -0.05) is 96.2 Å². The van der Waals surface area contributed by atoms with Crippen LogP contribution in [0.4, 0.5) is 9.18 Å². The van der Waals surface area contributed by atoms with Crippen LogP contribution in [0, 0.1) is 58.1 Å². The third kappa shape index (κ3) is 15.9. The second kappa shape index (κ2) is 28.2. The van der Waals surface area contributed by atoms with Crippen LogP contribution in [0.15, 0.2) is 76.0 Å². The van der Waals surface area contributed by atoms with Crippen LogP contribution in [0.3, 0.4) is 0 Å². The Morgan fingerprint density at radius 2 is 1.51 bits per heavy atom. The Balaban J connectivity index is 0.888. The summed E-state index contributed by atoms with van der Waals surface area (Å²) in [6.07, 6.45) is 9.15. The molecule has 0 spiro atoms. The summed E-state index contributed by atoms with van der Waals surface area (Å²) in [6, 6.07) is 9.44. The van der Waals surface area contributed by atoms with E-state index in [-0.39, 0.29) is 68.4 Å².